The summed E-state index contributed by atoms with van der Waals surface area (Å²) in [5.74, 6) is -3.36. The summed E-state index contributed by atoms with van der Waals surface area (Å²) >= 11 is 0. The third-order valence-corrected chi connectivity index (χ3v) is 3.49. The van der Waals surface area contributed by atoms with Crippen molar-refractivity contribution in [3.63, 3.8) is 0 Å². The van der Waals surface area contributed by atoms with Crippen LogP contribution < -0.4 is 10.7 Å². The van der Waals surface area contributed by atoms with E-state index in [4.69, 9.17) is 0 Å². The second-order valence-electron chi connectivity index (χ2n) is 5.12. The number of hydrazone groups is 1. The molecule has 3 N–H and O–H groups in total. The van der Waals surface area contributed by atoms with Crippen LogP contribution in [0.3, 0.4) is 0 Å². The summed E-state index contributed by atoms with van der Waals surface area (Å²) in [6.07, 6.45) is -3.68. The SMILES string of the molecule is Cc1[nH]c2ccccc2c1C=C1C(=O)NN=C1NC(=O)C(F)(F)F. The first-order valence-corrected chi connectivity index (χ1v) is 6.83. The summed E-state index contributed by atoms with van der Waals surface area (Å²) in [4.78, 5) is 26.0. The monoisotopic (exact) mass is 336 g/mol. The van der Waals surface area contributed by atoms with E-state index in [9.17, 15) is 22.8 Å². The van der Waals surface area contributed by atoms with E-state index in [0.717, 1.165) is 16.6 Å². The van der Waals surface area contributed by atoms with Gasteiger partial charge in [0.1, 0.15) is 0 Å². The van der Waals surface area contributed by atoms with Crippen molar-refractivity contribution in [3.05, 3.63) is 41.1 Å². The van der Waals surface area contributed by atoms with Crippen LogP contribution in [0, 0.1) is 6.92 Å². The van der Waals surface area contributed by atoms with E-state index in [0.29, 0.717) is 5.56 Å². The predicted molar refractivity (Wildman–Crippen MR) is 80.8 cm³/mol. The lowest BCUT2D eigenvalue weighted by Gasteiger charge is -2.07. The summed E-state index contributed by atoms with van der Waals surface area (Å²) in [5, 5.41) is 5.85. The fraction of sp³-hybridized carbons (Fsp3) is 0.133. The number of para-hydroxylation sites is 1. The molecule has 0 saturated carbocycles. The zero-order valence-electron chi connectivity index (χ0n) is 12.3. The van der Waals surface area contributed by atoms with Crippen LogP contribution in [0.15, 0.2) is 34.9 Å². The van der Waals surface area contributed by atoms with Crippen LogP contribution in [0.25, 0.3) is 17.0 Å². The Morgan fingerprint density at radius 3 is 2.71 bits per heavy atom. The molecule has 0 saturated heterocycles. The Hall–Kier alpha value is -3.10. The van der Waals surface area contributed by atoms with Gasteiger partial charge in [-0.1, -0.05) is 18.2 Å². The van der Waals surface area contributed by atoms with Crippen LogP contribution in [0.4, 0.5) is 13.2 Å². The van der Waals surface area contributed by atoms with Crippen molar-refractivity contribution in [1.82, 2.24) is 15.7 Å². The lowest BCUT2D eigenvalue weighted by molar-refractivity contribution is -0.171. The minimum atomic E-state index is -5.07. The summed E-state index contributed by atoms with van der Waals surface area (Å²) in [6.45, 7) is 1.77. The van der Waals surface area contributed by atoms with E-state index >= 15 is 0 Å². The molecule has 3 rings (SSSR count). The number of aryl methyl sites for hydroxylation is 1. The molecular weight excluding hydrogens is 325 g/mol. The van der Waals surface area contributed by atoms with Gasteiger partial charge in [0.25, 0.3) is 5.91 Å². The average molecular weight is 336 g/mol. The third kappa shape index (κ3) is 2.75. The summed E-state index contributed by atoms with van der Waals surface area (Å²) < 4.78 is 37.1. The molecular formula is C15H11F3N4O2. The first kappa shape index (κ1) is 15.8. The number of rotatable bonds is 1. The molecule has 2 aromatic rings. The Bertz CT molecular complexity index is 909. The zero-order chi connectivity index (χ0) is 17.5. The minimum absolute atomic E-state index is 0.152. The van der Waals surface area contributed by atoms with Gasteiger partial charge in [-0.2, -0.15) is 18.3 Å². The van der Waals surface area contributed by atoms with E-state index in [1.54, 1.807) is 18.3 Å². The molecule has 0 radical (unpaired) electrons. The van der Waals surface area contributed by atoms with Crippen LogP contribution in [0.1, 0.15) is 11.3 Å². The van der Waals surface area contributed by atoms with Crippen LogP contribution in [-0.2, 0) is 9.59 Å². The quantitative estimate of drug-likeness (QED) is 0.696. The second kappa shape index (κ2) is 5.52. The van der Waals surface area contributed by atoms with Crippen molar-refractivity contribution in [2.24, 2.45) is 5.10 Å². The molecule has 2 amide bonds. The number of hydrogen-bond acceptors (Lipinski definition) is 3. The topological polar surface area (TPSA) is 86.3 Å². The van der Waals surface area contributed by atoms with Gasteiger partial charge < -0.3 is 10.3 Å². The Kier molecular flexibility index (Phi) is 3.63. The molecule has 9 heteroatoms. The molecule has 1 aromatic carbocycles. The van der Waals surface area contributed by atoms with Crippen molar-refractivity contribution in [1.29, 1.82) is 0 Å². The molecule has 6 nitrogen and oxygen atoms in total. The molecule has 0 aliphatic carbocycles. The largest absolute Gasteiger partial charge is 0.471 e. The van der Waals surface area contributed by atoms with Gasteiger partial charge in [-0.3, -0.25) is 9.59 Å². The van der Waals surface area contributed by atoms with Crippen molar-refractivity contribution in [2.75, 3.05) is 0 Å². The predicted octanol–water partition coefficient (Wildman–Crippen LogP) is 1.98. The fourth-order valence-electron chi connectivity index (χ4n) is 2.37. The molecule has 0 bridgehead atoms. The van der Waals surface area contributed by atoms with Crippen molar-refractivity contribution in [3.8, 4) is 0 Å². The first-order valence-electron chi connectivity index (χ1n) is 6.83. The van der Waals surface area contributed by atoms with E-state index in [2.05, 4.69) is 10.1 Å². The van der Waals surface area contributed by atoms with Gasteiger partial charge >= 0.3 is 12.1 Å². The maximum atomic E-state index is 12.4. The molecule has 0 fully saturated rings. The number of H-pyrrole nitrogens is 1. The first-order chi connectivity index (χ1) is 11.3. The lowest BCUT2D eigenvalue weighted by atomic mass is 10.1. The molecule has 0 unspecified atom stereocenters. The number of benzene rings is 1. The highest BCUT2D eigenvalue weighted by Gasteiger charge is 2.40. The minimum Gasteiger partial charge on any atom is -0.358 e. The highest BCUT2D eigenvalue weighted by atomic mass is 19.4. The van der Waals surface area contributed by atoms with E-state index < -0.39 is 23.8 Å². The lowest BCUT2D eigenvalue weighted by Crippen LogP contribution is -2.41. The van der Waals surface area contributed by atoms with Crippen LogP contribution in [-0.4, -0.2) is 28.8 Å². The van der Waals surface area contributed by atoms with E-state index in [-0.39, 0.29) is 5.57 Å². The highest BCUT2D eigenvalue weighted by Crippen LogP contribution is 2.25. The fourth-order valence-corrected chi connectivity index (χ4v) is 2.37. The van der Waals surface area contributed by atoms with Gasteiger partial charge in [0.2, 0.25) is 0 Å². The molecule has 124 valence electrons. The molecule has 1 aromatic heterocycles. The molecule has 0 atom stereocenters. The van der Waals surface area contributed by atoms with Gasteiger partial charge in [0, 0.05) is 22.2 Å². The van der Waals surface area contributed by atoms with Gasteiger partial charge in [0.15, 0.2) is 5.84 Å². The number of carbonyl (C=O) groups is 2. The molecule has 1 aliphatic heterocycles. The summed E-state index contributed by atoms with van der Waals surface area (Å²) in [7, 11) is 0. The number of carbonyl (C=O) groups excluding carboxylic acids is 2. The maximum Gasteiger partial charge on any atom is 0.471 e. The Morgan fingerprint density at radius 1 is 1.29 bits per heavy atom. The van der Waals surface area contributed by atoms with Crippen molar-refractivity contribution >= 4 is 34.6 Å². The van der Waals surface area contributed by atoms with Gasteiger partial charge in [-0.05, 0) is 19.1 Å². The number of aromatic amines is 1. The average Bonchev–Trinajstić information content (AvgIpc) is 3.01. The number of aromatic nitrogens is 1. The summed E-state index contributed by atoms with van der Waals surface area (Å²) in [5.41, 5.74) is 4.07. The number of nitrogens with one attached hydrogen (secondary N) is 3. The maximum absolute atomic E-state index is 12.4. The number of hydrogen-bond donors (Lipinski definition) is 3. The third-order valence-electron chi connectivity index (χ3n) is 3.49. The van der Waals surface area contributed by atoms with Gasteiger partial charge in [-0.15, -0.1) is 0 Å². The van der Waals surface area contributed by atoms with E-state index in [1.165, 1.54) is 6.08 Å². The van der Waals surface area contributed by atoms with Gasteiger partial charge in [0.05, 0.1) is 5.57 Å². The molecule has 24 heavy (non-hydrogen) atoms. The normalized spacial score (nSPS) is 16.4. The molecule has 2 heterocycles. The standard InChI is InChI=1S/C15H11F3N4O2/c1-7-9(8-4-2-3-5-11(8)19-7)6-10-12(21-22-13(10)23)20-14(24)15(16,17)18/h2-6,19H,1H3,(H,22,23)(H,20,21,24). The zero-order valence-corrected chi connectivity index (χ0v) is 12.3. The number of nitrogens with zero attached hydrogens (tertiary/aromatic N) is 1. The molecule has 0 spiro atoms. The number of amides is 2. The van der Waals surface area contributed by atoms with Crippen molar-refractivity contribution in [2.45, 2.75) is 13.1 Å². The Balaban J connectivity index is 2.01. The van der Waals surface area contributed by atoms with Crippen LogP contribution >= 0.6 is 0 Å². The Morgan fingerprint density at radius 2 is 2.00 bits per heavy atom. The number of amidine groups is 1. The van der Waals surface area contributed by atoms with Crippen molar-refractivity contribution < 1.29 is 22.8 Å². The smallest absolute Gasteiger partial charge is 0.358 e. The van der Waals surface area contributed by atoms with Crippen LogP contribution in [0.5, 0.6) is 0 Å². The van der Waals surface area contributed by atoms with Crippen LogP contribution in [0.2, 0.25) is 0 Å². The number of fused-ring (bicyclic) bond motifs is 1. The second-order valence-corrected chi connectivity index (χ2v) is 5.12. The molecule has 1 aliphatic rings. The number of halogens is 3. The summed E-state index contributed by atoms with van der Waals surface area (Å²) in [6, 6.07) is 7.27. The highest BCUT2D eigenvalue weighted by molar-refractivity contribution is 6.29. The Labute approximate surface area is 133 Å². The van der Waals surface area contributed by atoms with E-state index in [1.807, 2.05) is 23.6 Å². The number of alkyl halides is 3. The van der Waals surface area contributed by atoms with Gasteiger partial charge in [-0.25, -0.2) is 5.43 Å².